The SMILES string of the molecule is CN1C2CC1CN(c1ccc(N)cc1F)C2. The van der Waals surface area contributed by atoms with Crippen LogP contribution in [-0.2, 0) is 0 Å². The fourth-order valence-corrected chi connectivity index (χ4v) is 2.77. The van der Waals surface area contributed by atoms with Gasteiger partial charge in [0.2, 0.25) is 0 Å². The van der Waals surface area contributed by atoms with Crippen molar-refractivity contribution >= 4 is 11.4 Å². The van der Waals surface area contributed by atoms with Crippen LogP contribution in [0.4, 0.5) is 15.8 Å². The first kappa shape index (κ1) is 9.90. The molecular weight excluding hydrogens is 205 g/mol. The van der Waals surface area contributed by atoms with Gasteiger partial charge in [-0.3, -0.25) is 4.90 Å². The van der Waals surface area contributed by atoms with Crippen LogP contribution < -0.4 is 10.6 Å². The van der Waals surface area contributed by atoms with Gasteiger partial charge in [0.15, 0.2) is 0 Å². The topological polar surface area (TPSA) is 32.5 Å². The number of fused-ring (bicyclic) bond motifs is 2. The van der Waals surface area contributed by atoms with Crippen LogP contribution in [0.25, 0.3) is 0 Å². The second kappa shape index (κ2) is 3.35. The molecule has 4 rings (SSSR count). The molecule has 0 aliphatic carbocycles. The molecule has 3 aliphatic rings. The predicted octanol–water partition coefficient (Wildman–Crippen LogP) is 1.30. The van der Waals surface area contributed by atoms with Crippen LogP contribution in [0.15, 0.2) is 18.2 Å². The third kappa shape index (κ3) is 1.37. The average Bonchev–Trinajstić information content (AvgIpc) is 2.28. The molecule has 4 heteroatoms. The van der Waals surface area contributed by atoms with Crippen LogP contribution in [0.2, 0.25) is 0 Å². The summed E-state index contributed by atoms with van der Waals surface area (Å²) in [6.45, 7) is 1.85. The Labute approximate surface area is 94.6 Å². The summed E-state index contributed by atoms with van der Waals surface area (Å²) in [6.07, 6.45) is 1.25. The van der Waals surface area contributed by atoms with Crippen molar-refractivity contribution < 1.29 is 4.39 Å². The van der Waals surface area contributed by atoms with E-state index in [0.29, 0.717) is 23.5 Å². The normalized spacial score (nSPS) is 29.0. The molecule has 0 saturated carbocycles. The summed E-state index contributed by atoms with van der Waals surface area (Å²) < 4.78 is 13.7. The van der Waals surface area contributed by atoms with Crippen molar-refractivity contribution in [3.8, 4) is 0 Å². The molecule has 2 atom stereocenters. The van der Waals surface area contributed by atoms with Crippen molar-refractivity contribution in [3.63, 3.8) is 0 Å². The van der Waals surface area contributed by atoms with Gasteiger partial charge >= 0.3 is 0 Å². The number of piperidine rings is 1. The highest BCUT2D eigenvalue weighted by Crippen LogP contribution is 2.34. The summed E-state index contributed by atoms with van der Waals surface area (Å²) in [7, 11) is 2.15. The van der Waals surface area contributed by atoms with E-state index in [0.717, 1.165) is 13.1 Å². The van der Waals surface area contributed by atoms with Gasteiger partial charge in [0, 0.05) is 30.9 Å². The number of nitrogens with two attached hydrogens (primary N) is 1. The molecule has 3 fully saturated rings. The van der Waals surface area contributed by atoms with Gasteiger partial charge in [0.25, 0.3) is 0 Å². The van der Waals surface area contributed by atoms with Crippen molar-refractivity contribution in [3.05, 3.63) is 24.0 Å². The van der Waals surface area contributed by atoms with Gasteiger partial charge in [0.05, 0.1) is 5.69 Å². The number of likely N-dealkylation sites (N-methyl/N-ethyl adjacent to an activating group) is 1. The van der Waals surface area contributed by atoms with Crippen LogP contribution in [0.5, 0.6) is 0 Å². The zero-order chi connectivity index (χ0) is 11.3. The first-order valence-corrected chi connectivity index (χ1v) is 5.67. The molecule has 1 aromatic carbocycles. The molecular formula is C12H16FN3. The maximum absolute atomic E-state index is 13.7. The Morgan fingerprint density at radius 1 is 1.31 bits per heavy atom. The van der Waals surface area contributed by atoms with Crippen LogP contribution >= 0.6 is 0 Å². The quantitative estimate of drug-likeness (QED) is 0.725. The largest absolute Gasteiger partial charge is 0.399 e. The molecule has 3 nitrogen and oxygen atoms in total. The summed E-state index contributed by atoms with van der Waals surface area (Å²) in [5.41, 5.74) is 6.73. The summed E-state index contributed by atoms with van der Waals surface area (Å²) >= 11 is 0. The number of hydrogen-bond donors (Lipinski definition) is 1. The van der Waals surface area contributed by atoms with E-state index in [4.69, 9.17) is 5.73 Å². The zero-order valence-corrected chi connectivity index (χ0v) is 9.36. The molecule has 2 bridgehead atoms. The van der Waals surface area contributed by atoms with Crippen molar-refractivity contribution in [2.24, 2.45) is 0 Å². The third-order valence-electron chi connectivity index (χ3n) is 3.87. The second-order valence-corrected chi connectivity index (χ2v) is 4.82. The van der Waals surface area contributed by atoms with Gasteiger partial charge in [-0.2, -0.15) is 0 Å². The van der Waals surface area contributed by atoms with Crippen molar-refractivity contribution in [1.29, 1.82) is 0 Å². The van der Waals surface area contributed by atoms with E-state index in [1.165, 1.54) is 12.5 Å². The summed E-state index contributed by atoms with van der Waals surface area (Å²) in [5, 5.41) is 0. The lowest BCUT2D eigenvalue weighted by molar-refractivity contribution is 0.0261. The maximum atomic E-state index is 13.7. The van der Waals surface area contributed by atoms with Crippen molar-refractivity contribution in [1.82, 2.24) is 4.90 Å². The monoisotopic (exact) mass is 221 g/mol. The number of nitrogen functional groups attached to an aromatic ring is 1. The van der Waals surface area contributed by atoms with Crippen LogP contribution in [-0.4, -0.2) is 37.1 Å². The molecule has 2 N–H and O–H groups in total. The van der Waals surface area contributed by atoms with Gasteiger partial charge in [-0.05, 0) is 31.7 Å². The van der Waals surface area contributed by atoms with E-state index < -0.39 is 0 Å². The fraction of sp³-hybridized carbons (Fsp3) is 0.500. The Balaban J connectivity index is 1.83. The molecule has 2 unspecified atom stereocenters. The van der Waals surface area contributed by atoms with Gasteiger partial charge in [-0.25, -0.2) is 4.39 Å². The van der Waals surface area contributed by atoms with E-state index >= 15 is 0 Å². The van der Waals surface area contributed by atoms with Gasteiger partial charge in [0.1, 0.15) is 5.82 Å². The lowest BCUT2D eigenvalue weighted by Crippen LogP contribution is -2.67. The molecule has 0 spiro atoms. The van der Waals surface area contributed by atoms with E-state index in [1.54, 1.807) is 12.1 Å². The molecule has 3 aliphatic heterocycles. The second-order valence-electron chi connectivity index (χ2n) is 4.82. The van der Waals surface area contributed by atoms with Gasteiger partial charge in [-0.15, -0.1) is 0 Å². The fourth-order valence-electron chi connectivity index (χ4n) is 2.77. The van der Waals surface area contributed by atoms with Gasteiger partial charge in [-0.1, -0.05) is 0 Å². The van der Waals surface area contributed by atoms with E-state index in [2.05, 4.69) is 16.8 Å². The third-order valence-corrected chi connectivity index (χ3v) is 3.87. The number of hydrogen-bond acceptors (Lipinski definition) is 3. The number of nitrogens with zero attached hydrogens (tertiary/aromatic N) is 2. The Morgan fingerprint density at radius 2 is 2.00 bits per heavy atom. The lowest BCUT2D eigenvalue weighted by Gasteiger charge is -2.55. The predicted molar refractivity (Wildman–Crippen MR) is 63.0 cm³/mol. The van der Waals surface area contributed by atoms with Crippen LogP contribution in [0.3, 0.4) is 0 Å². The Morgan fingerprint density at radius 3 is 2.56 bits per heavy atom. The molecule has 0 aromatic heterocycles. The summed E-state index contributed by atoms with van der Waals surface area (Å²) in [5.74, 6) is -0.205. The van der Waals surface area contributed by atoms with E-state index in [1.807, 2.05) is 0 Å². The summed E-state index contributed by atoms with van der Waals surface area (Å²) in [4.78, 5) is 4.51. The first-order valence-electron chi connectivity index (χ1n) is 5.67. The summed E-state index contributed by atoms with van der Waals surface area (Å²) in [6, 6.07) is 6.14. The molecule has 0 radical (unpaired) electrons. The Bertz CT molecular complexity index is 409. The Kier molecular flexibility index (Phi) is 2.07. The lowest BCUT2D eigenvalue weighted by atomic mass is 9.88. The number of anilines is 2. The molecule has 1 aromatic rings. The Hall–Kier alpha value is -1.29. The molecule has 3 saturated heterocycles. The standard InChI is InChI=1S/C12H16FN3/c1-15-9-5-10(15)7-16(6-9)12-3-2-8(14)4-11(12)13/h2-4,9-10H,5-7,14H2,1H3. The van der Waals surface area contributed by atoms with Gasteiger partial charge < -0.3 is 10.6 Å². The smallest absolute Gasteiger partial charge is 0.148 e. The first-order chi connectivity index (χ1) is 7.65. The highest BCUT2D eigenvalue weighted by atomic mass is 19.1. The molecule has 0 amide bonds. The van der Waals surface area contributed by atoms with Crippen molar-refractivity contribution in [2.45, 2.75) is 18.5 Å². The van der Waals surface area contributed by atoms with E-state index in [9.17, 15) is 4.39 Å². The van der Waals surface area contributed by atoms with Crippen LogP contribution in [0.1, 0.15) is 6.42 Å². The minimum Gasteiger partial charge on any atom is -0.399 e. The van der Waals surface area contributed by atoms with Crippen molar-refractivity contribution in [2.75, 3.05) is 30.8 Å². The molecule has 3 heterocycles. The number of benzene rings is 1. The van der Waals surface area contributed by atoms with Crippen LogP contribution in [0, 0.1) is 5.82 Å². The molecule has 16 heavy (non-hydrogen) atoms. The number of piperazine rings is 1. The molecule has 86 valence electrons. The highest BCUT2D eigenvalue weighted by Gasteiger charge is 2.42. The average molecular weight is 221 g/mol. The highest BCUT2D eigenvalue weighted by molar-refractivity contribution is 5.55. The number of halogens is 1. The zero-order valence-electron chi connectivity index (χ0n) is 9.36. The maximum Gasteiger partial charge on any atom is 0.148 e. The minimum atomic E-state index is -0.205. The number of rotatable bonds is 1. The van der Waals surface area contributed by atoms with E-state index in [-0.39, 0.29) is 5.82 Å². The minimum absolute atomic E-state index is 0.205.